The molecule has 0 N–H and O–H groups in total. The third-order valence-electron chi connectivity index (χ3n) is 2.11. The Hall–Kier alpha value is -0.380. The first-order chi connectivity index (χ1) is 5.67. The maximum atomic E-state index is 5.64. The molecule has 2 aliphatic rings. The number of hydrogen-bond acceptors (Lipinski definition) is 3. The van der Waals surface area contributed by atoms with Crippen LogP contribution in [0, 0.1) is 0 Å². The highest BCUT2D eigenvalue weighted by Gasteiger charge is 2.36. The van der Waals surface area contributed by atoms with Gasteiger partial charge in [0.1, 0.15) is 12.2 Å². The highest BCUT2D eigenvalue weighted by molar-refractivity contribution is 5.00. The van der Waals surface area contributed by atoms with E-state index in [1.165, 1.54) is 0 Å². The summed E-state index contributed by atoms with van der Waals surface area (Å²) in [4.78, 5) is 0. The van der Waals surface area contributed by atoms with Gasteiger partial charge in [0.15, 0.2) is 5.79 Å². The number of hydrogen-bond donors (Lipinski definition) is 0. The Labute approximate surface area is 72.3 Å². The van der Waals surface area contributed by atoms with Crippen LogP contribution in [0.25, 0.3) is 0 Å². The maximum Gasteiger partial charge on any atom is 0.163 e. The van der Waals surface area contributed by atoms with Crippen molar-refractivity contribution in [2.75, 3.05) is 13.2 Å². The second-order valence-electron chi connectivity index (χ2n) is 3.59. The Morgan fingerprint density at radius 3 is 3.08 bits per heavy atom. The van der Waals surface area contributed by atoms with Crippen LogP contribution in [0.4, 0.5) is 0 Å². The molecule has 3 heteroatoms. The Kier molecular flexibility index (Phi) is 1.94. The van der Waals surface area contributed by atoms with Crippen LogP contribution in [0.15, 0.2) is 12.2 Å². The fourth-order valence-corrected chi connectivity index (χ4v) is 1.49. The fourth-order valence-electron chi connectivity index (χ4n) is 1.49. The largest absolute Gasteiger partial charge is 0.369 e. The average molecular weight is 170 g/mol. The van der Waals surface area contributed by atoms with E-state index in [9.17, 15) is 0 Å². The topological polar surface area (TPSA) is 27.7 Å². The molecule has 0 amide bonds. The summed E-state index contributed by atoms with van der Waals surface area (Å²) in [6, 6.07) is 0. The lowest BCUT2D eigenvalue weighted by Crippen LogP contribution is -2.50. The van der Waals surface area contributed by atoms with Crippen molar-refractivity contribution in [2.45, 2.75) is 31.8 Å². The number of ether oxygens (including phenoxy) is 3. The van der Waals surface area contributed by atoms with E-state index in [1.807, 2.05) is 19.9 Å². The van der Waals surface area contributed by atoms with Crippen molar-refractivity contribution in [3.63, 3.8) is 0 Å². The van der Waals surface area contributed by atoms with Crippen molar-refractivity contribution in [1.29, 1.82) is 0 Å². The third-order valence-corrected chi connectivity index (χ3v) is 2.11. The minimum atomic E-state index is -0.466. The van der Waals surface area contributed by atoms with Gasteiger partial charge in [0.05, 0.1) is 13.2 Å². The van der Waals surface area contributed by atoms with E-state index < -0.39 is 5.79 Å². The van der Waals surface area contributed by atoms with E-state index in [0.29, 0.717) is 13.2 Å². The summed E-state index contributed by atoms with van der Waals surface area (Å²) >= 11 is 0. The number of fused-ring (bicyclic) bond motifs is 1. The zero-order valence-corrected chi connectivity index (χ0v) is 7.45. The molecule has 1 saturated heterocycles. The van der Waals surface area contributed by atoms with Gasteiger partial charge in [-0.1, -0.05) is 12.2 Å². The van der Waals surface area contributed by atoms with E-state index in [0.717, 1.165) is 0 Å². The van der Waals surface area contributed by atoms with Crippen molar-refractivity contribution >= 4 is 0 Å². The molecule has 0 spiro atoms. The van der Waals surface area contributed by atoms with E-state index in [-0.39, 0.29) is 12.2 Å². The predicted octanol–water partition coefficient (Wildman–Crippen LogP) is 1.09. The summed E-state index contributed by atoms with van der Waals surface area (Å²) in [5, 5.41) is 0. The van der Waals surface area contributed by atoms with E-state index >= 15 is 0 Å². The highest BCUT2D eigenvalue weighted by Crippen LogP contribution is 2.26. The van der Waals surface area contributed by atoms with E-state index in [2.05, 4.69) is 6.08 Å². The molecule has 0 aromatic carbocycles. The molecule has 0 aromatic heterocycles. The SMILES string of the molecule is CC1(C)OCC2OCC=CC2O1. The first kappa shape index (κ1) is 8.23. The molecule has 0 aromatic rings. The molecule has 0 aliphatic carbocycles. The summed E-state index contributed by atoms with van der Waals surface area (Å²) in [5.74, 6) is -0.466. The monoisotopic (exact) mass is 170 g/mol. The van der Waals surface area contributed by atoms with E-state index in [4.69, 9.17) is 14.2 Å². The van der Waals surface area contributed by atoms with Gasteiger partial charge >= 0.3 is 0 Å². The predicted molar refractivity (Wildman–Crippen MR) is 43.8 cm³/mol. The highest BCUT2D eigenvalue weighted by atomic mass is 16.7. The van der Waals surface area contributed by atoms with Gasteiger partial charge in [0.2, 0.25) is 0 Å². The van der Waals surface area contributed by atoms with Gasteiger partial charge in [-0.3, -0.25) is 0 Å². The lowest BCUT2D eigenvalue weighted by atomic mass is 10.1. The minimum absolute atomic E-state index is 0.0718. The van der Waals surface area contributed by atoms with Crippen LogP contribution in [0.3, 0.4) is 0 Å². The van der Waals surface area contributed by atoms with Crippen molar-refractivity contribution in [1.82, 2.24) is 0 Å². The van der Waals surface area contributed by atoms with Gasteiger partial charge in [-0.25, -0.2) is 0 Å². The van der Waals surface area contributed by atoms with Gasteiger partial charge < -0.3 is 14.2 Å². The molecule has 2 atom stereocenters. The van der Waals surface area contributed by atoms with Crippen molar-refractivity contribution in [2.24, 2.45) is 0 Å². The first-order valence-electron chi connectivity index (χ1n) is 4.27. The van der Waals surface area contributed by atoms with Crippen LogP contribution in [0.1, 0.15) is 13.8 Å². The molecule has 0 bridgehead atoms. The zero-order valence-electron chi connectivity index (χ0n) is 7.45. The molecule has 3 nitrogen and oxygen atoms in total. The Morgan fingerprint density at radius 1 is 1.42 bits per heavy atom. The second-order valence-corrected chi connectivity index (χ2v) is 3.59. The summed E-state index contributed by atoms with van der Waals surface area (Å²) in [6.07, 6.45) is 4.20. The molecule has 0 saturated carbocycles. The van der Waals surface area contributed by atoms with Crippen LogP contribution in [0.5, 0.6) is 0 Å². The second kappa shape index (κ2) is 2.83. The molecule has 1 fully saturated rings. The molecule has 2 unspecified atom stereocenters. The molecule has 2 aliphatic heterocycles. The van der Waals surface area contributed by atoms with Gasteiger partial charge in [-0.15, -0.1) is 0 Å². The van der Waals surface area contributed by atoms with Crippen LogP contribution >= 0.6 is 0 Å². The molecule has 0 radical (unpaired) electrons. The molecule has 2 rings (SSSR count). The standard InChI is InChI=1S/C9H14O3/c1-9(2)11-6-8-7(12-9)4-3-5-10-8/h3-4,7-8H,5-6H2,1-2H3. The zero-order chi connectivity index (χ0) is 8.60. The van der Waals surface area contributed by atoms with Crippen LogP contribution in [0.2, 0.25) is 0 Å². The Balaban J connectivity index is 2.07. The summed E-state index contributed by atoms with van der Waals surface area (Å²) in [6.45, 7) is 5.15. The average Bonchev–Trinajstić information content (AvgIpc) is 2.02. The Bertz CT molecular complexity index is 198. The lowest BCUT2D eigenvalue weighted by molar-refractivity contribution is -0.300. The van der Waals surface area contributed by atoms with Crippen molar-refractivity contribution in [3.05, 3.63) is 12.2 Å². The maximum absolute atomic E-state index is 5.64. The van der Waals surface area contributed by atoms with Crippen LogP contribution in [-0.4, -0.2) is 31.2 Å². The quantitative estimate of drug-likeness (QED) is 0.509. The lowest BCUT2D eigenvalue weighted by Gasteiger charge is -2.40. The first-order valence-corrected chi connectivity index (χ1v) is 4.27. The summed E-state index contributed by atoms with van der Waals surface area (Å²) < 4.78 is 16.5. The molecular formula is C9H14O3. The molecular weight excluding hydrogens is 156 g/mol. The van der Waals surface area contributed by atoms with Gasteiger partial charge in [0, 0.05) is 0 Å². The Morgan fingerprint density at radius 2 is 2.25 bits per heavy atom. The molecule has 2 heterocycles. The van der Waals surface area contributed by atoms with Crippen LogP contribution < -0.4 is 0 Å². The van der Waals surface area contributed by atoms with Gasteiger partial charge in [-0.05, 0) is 13.8 Å². The molecule has 68 valence electrons. The smallest absolute Gasteiger partial charge is 0.163 e. The van der Waals surface area contributed by atoms with Crippen molar-refractivity contribution < 1.29 is 14.2 Å². The van der Waals surface area contributed by atoms with Crippen LogP contribution in [-0.2, 0) is 14.2 Å². The number of rotatable bonds is 0. The van der Waals surface area contributed by atoms with Gasteiger partial charge in [0.25, 0.3) is 0 Å². The third kappa shape index (κ3) is 1.53. The molecule has 12 heavy (non-hydrogen) atoms. The fraction of sp³-hybridized carbons (Fsp3) is 0.778. The minimum Gasteiger partial charge on any atom is -0.369 e. The summed E-state index contributed by atoms with van der Waals surface area (Å²) in [7, 11) is 0. The summed E-state index contributed by atoms with van der Waals surface area (Å²) in [5.41, 5.74) is 0. The van der Waals surface area contributed by atoms with Gasteiger partial charge in [-0.2, -0.15) is 0 Å². The van der Waals surface area contributed by atoms with E-state index in [1.54, 1.807) is 0 Å². The normalized spacial score (nSPS) is 39.2. The van der Waals surface area contributed by atoms with Crippen molar-refractivity contribution in [3.8, 4) is 0 Å².